The Balaban J connectivity index is 1.99. The molecule has 3 aliphatic heterocycles. The van der Waals surface area contributed by atoms with Crippen molar-refractivity contribution in [2.45, 2.75) is 35.3 Å². The average Bonchev–Trinajstić information content (AvgIpc) is 2.81. The number of alkyl halides is 1. The summed E-state index contributed by atoms with van der Waals surface area (Å²) in [6, 6.07) is 0. The van der Waals surface area contributed by atoms with Crippen molar-refractivity contribution < 1.29 is 26.9 Å². The number of hydrogen-bond donors (Lipinski definition) is 0. The van der Waals surface area contributed by atoms with E-state index in [9.17, 15) is 13.2 Å². The van der Waals surface area contributed by atoms with Crippen LogP contribution >= 0.6 is 15.9 Å². The van der Waals surface area contributed by atoms with E-state index in [2.05, 4.69) is 15.9 Å². The molecule has 0 aromatic carbocycles. The molecule has 0 N–H and O–H groups in total. The smallest absolute Gasteiger partial charge is 0.313 e. The van der Waals surface area contributed by atoms with E-state index in [1.807, 2.05) is 0 Å². The zero-order valence-electron chi connectivity index (χ0n) is 8.91. The third-order valence-corrected chi connectivity index (χ3v) is 6.20. The molecule has 0 aromatic heterocycles. The highest BCUT2D eigenvalue weighted by atomic mass is 79.9. The number of rotatable bonds is 2. The van der Waals surface area contributed by atoms with Gasteiger partial charge in [-0.25, -0.2) is 0 Å². The van der Waals surface area contributed by atoms with Gasteiger partial charge in [-0.15, -0.1) is 0 Å². The summed E-state index contributed by atoms with van der Waals surface area (Å²) in [6.07, 6.45) is -1.55. The van der Waals surface area contributed by atoms with Crippen molar-refractivity contribution in [1.82, 2.24) is 0 Å². The molecule has 8 heteroatoms. The van der Waals surface area contributed by atoms with Gasteiger partial charge in [-0.3, -0.25) is 8.98 Å². The lowest BCUT2D eigenvalue weighted by Crippen LogP contribution is -2.46. The second-order valence-electron chi connectivity index (χ2n) is 4.31. The summed E-state index contributed by atoms with van der Waals surface area (Å²) >= 11 is 3.34. The summed E-state index contributed by atoms with van der Waals surface area (Å²) in [6.45, 7) is 1.90. The van der Waals surface area contributed by atoms with E-state index in [0.717, 1.165) is 0 Å². The van der Waals surface area contributed by atoms with E-state index < -0.39 is 45.6 Å². The number of fused-ring (bicyclic) bond motifs is 1. The molecule has 0 aromatic rings. The lowest BCUT2D eigenvalue weighted by molar-refractivity contribution is -0.149. The molecule has 0 amide bonds. The van der Waals surface area contributed by atoms with Crippen LogP contribution in [-0.2, 0) is 28.6 Å². The average molecular weight is 327 g/mol. The fourth-order valence-corrected chi connectivity index (χ4v) is 5.66. The molecule has 0 aliphatic carbocycles. The molecule has 3 fully saturated rings. The summed E-state index contributed by atoms with van der Waals surface area (Å²) in [5.41, 5.74) is 0. The summed E-state index contributed by atoms with van der Waals surface area (Å²) in [7, 11) is -3.73. The minimum Gasteiger partial charge on any atom is -0.466 e. The summed E-state index contributed by atoms with van der Waals surface area (Å²) in [5.74, 6) is -1.31. The minimum atomic E-state index is -3.73. The van der Waals surface area contributed by atoms with Crippen molar-refractivity contribution in [2.24, 2.45) is 5.92 Å². The van der Waals surface area contributed by atoms with E-state index in [1.165, 1.54) is 0 Å². The number of halogens is 1. The monoisotopic (exact) mass is 326 g/mol. The molecule has 3 heterocycles. The highest BCUT2D eigenvalue weighted by molar-refractivity contribution is 9.09. The van der Waals surface area contributed by atoms with Crippen LogP contribution in [0.2, 0.25) is 0 Å². The molecule has 0 unspecified atom stereocenters. The van der Waals surface area contributed by atoms with Crippen LogP contribution in [0.5, 0.6) is 0 Å². The SMILES string of the molecule is CCOC(=O)[C@H]1[C@@H]2O[C@H]3[C@H](OS(=O)(=O)[C@@H]31)[C@H]2Br. The zero-order valence-corrected chi connectivity index (χ0v) is 11.3. The van der Waals surface area contributed by atoms with Gasteiger partial charge in [-0.05, 0) is 6.92 Å². The van der Waals surface area contributed by atoms with Crippen LogP contribution in [0.25, 0.3) is 0 Å². The molecular formula is C9H11BrO6S. The molecule has 0 saturated carbocycles. The van der Waals surface area contributed by atoms with Gasteiger partial charge < -0.3 is 9.47 Å². The molecule has 3 saturated heterocycles. The van der Waals surface area contributed by atoms with Gasteiger partial charge in [0.25, 0.3) is 10.1 Å². The van der Waals surface area contributed by atoms with Crippen LogP contribution in [0.3, 0.4) is 0 Å². The number of ether oxygens (including phenoxy) is 2. The molecule has 6 atom stereocenters. The Kier molecular flexibility index (Phi) is 2.56. The van der Waals surface area contributed by atoms with E-state index in [-0.39, 0.29) is 11.4 Å². The highest BCUT2D eigenvalue weighted by Gasteiger charge is 2.72. The highest BCUT2D eigenvalue weighted by Crippen LogP contribution is 2.52. The van der Waals surface area contributed by atoms with Gasteiger partial charge in [-0.2, -0.15) is 8.42 Å². The van der Waals surface area contributed by atoms with Gasteiger partial charge in [0.2, 0.25) is 0 Å². The van der Waals surface area contributed by atoms with Crippen molar-refractivity contribution in [1.29, 1.82) is 0 Å². The molecule has 0 radical (unpaired) electrons. The predicted molar refractivity (Wildman–Crippen MR) is 59.1 cm³/mol. The van der Waals surface area contributed by atoms with E-state index in [4.69, 9.17) is 13.7 Å². The molecule has 0 spiro atoms. The van der Waals surface area contributed by atoms with E-state index in [0.29, 0.717) is 0 Å². The Hall–Kier alpha value is -0.180. The van der Waals surface area contributed by atoms with E-state index in [1.54, 1.807) is 6.92 Å². The normalized spacial score (nSPS) is 49.5. The van der Waals surface area contributed by atoms with Crippen LogP contribution in [-0.4, -0.2) is 49.4 Å². The van der Waals surface area contributed by atoms with Crippen LogP contribution < -0.4 is 0 Å². The first-order valence-electron chi connectivity index (χ1n) is 5.35. The Morgan fingerprint density at radius 2 is 2.06 bits per heavy atom. The number of carbonyl (C=O) groups excluding carboxylic acids is 1. The van der Waals surface area contributed by atoms with Crippen molar-refractivity contribution >= 4 is 32.0 Å². The second kappa shape index (κ2) is 3.66. The third-order valence-electron chi connectivity index (χ3n) is 3.43. The van der Waals surface area contributed by atoms with Crippen molar-refractivity contribution in [3.05, 3.63) is 0 Å². The number of carbonyl (C=O) groups is 1. The second-order valence-corrected chi connectivity index (χ2v) is 7.09. The third kappa shape index (κ3) is 1.44. The first-order chi connectivity index (χ1) is 7.97. The maximum Gasteiger partial charge on any atom is 0.313 e. The van der Waals surface area contributed by atoms with Gasteiger partial charge in [0.15, 0.2) is 0 Å². The Labute approximate surface area is 107 Å². The molecular weight excluding hydrogens is 316 g/mol. The van der Waals surface area contributed by atoms with Crippen molar-refractivity contribution in [3.8, 4) is 0 Å². The molecule has 2 bridgehead atoms. The summed E-state index contributed by atoms with van der Waals surface area (Å²) in [5, 5.41) is -0.912. The van der Waals surface area contributed by atoms with Gasteiger partial charge in [0.05, 0.1) is 17.5 Å². The van der Waals surface area contributed by atoms with Crippen LogP contribution in [0.15, 0.2) is 0 Å². The lowest BCUT2D eigenvalue weighted by atomic mass is 9.87. The molecule has 3 aliphatic rings. The fraction of sp³-hybridized carbons (Fsp3) is 0.889. The molecule has 17 heavy (non-hydrogen) atoms. The molecule has 96 valence electrons. The lowest BCUT2D eigenvalue weighted by Gasteiger charge is -2.23. The Morgan fingerprint density at radius 1 is 1.35 bits per heavy atom. The van der Waals surface area contributed by atoms with Gasteiger partial charge >= 0.3 is 5.97 Å². The van der Waals surface area contributed by atoms with Crippen molar-refractivity contribution in [3.63, 3.8) is 0 Å². The van der Waals surface area contributed by atoms with Crippen LogP contribution in [0, 0.1) is 5.92 Å². The number of esters is 1. The van der Waals surface area contributed by atoms with Gasteiger partial charge in [0, 0.05) is 0 Å². The first-order valence-corrected chi connectivity index (χ1v) is 7.74. The minimum absolute atomic E-state index is 0.219. The standard InChI is InChI=1S/C9H11BrO6S/c1-2-14-9(11)3-5-4(10)6-7(15-5)8(3)17(12,13)16-6/h3-8H,2H2,1H3/t3-,4-,5-,6+,7-,8+/m0/s1. The van der Waals surface area contributed by atoms with Gasteiger partial charge in [0.1, 0.15) is 23.4 Å². The maximum atomic E-state index is 11.8. The predicted octanol–water partition coefficient (Wildman–Crippen LogP) is -0.193. The largest absolute Gasteiger partial charge is 0.466 e. The zero-order chi connectivity index (χ0) is 12.4. The summed E-state index contributed by atoms with van der Waals surface area (Å²) in [4.78, 5) is 11.5. The molecule has 6 nitrogen and oxygen atoms in total. The van der Waals surface area contributed by atoms with Crippen LogP contribution in [0.4, 0.5) is 0 Å². The first kappa shape index (κ1) is 11.9. The Morgan fingerprint density at radius 3 is 2.71 bits per heavy atom. The quantitative estimate of drug-likeness (QED) is 0.397. The number of hydrogen-bond acceptors (Lipinski definition) is 6. The topological polar surface area (TPSA) is 78.9 Å². The Bertz CT molecular complexity index is 462. The van der Waals surface area contributed by atoms with Crippen LogP contribution in [0.1, 0.15) is 6.92 Å². The maximum absolute atomic E-state index is 11.8. The van der Waals surface area contributed by atoms with Gasteiger partial charge in [-0.1, -0.05) is 15.9 Å². The van der Waals surface area contributed by atoms with E-state index >= 15 is 0 Å². The fourth-order valence-electron chi connectivity index (χ4n) is 2.82. The summed E-state index contributed by atoms with van der Waals surface area (Å²) < 4.78 is 39.1. The molecule has 3 rings (SSSR count). The van der Waals surface area contributed by atoms with Crippen molar-refractivity contribution in [2.75, 3.05) is 6.61 Å².